The molecule has 3 aliphatic rings. The van der Waals surface area contributed by atoms with Crippen molar-refractivity contribution < 1.29 is 18.8 Å². The second-order valence-corrected chi connectivity index (χ2v) is 9.17. The molecule has 3 amide bonds. The second kappa shape index (κ2) is 8.12. The average molecular weight is 443 g/mol. The van der Waals surface area contributed by atoms with Gasteiger partial charge in [-0.15, -0.1) is 11.3 Å². The highest BCUT2D eigenvalue weighted by atomic mass is 32.1. The number of carbonyl (C=O) groups excluding carboxylic acids is 3. The van der Waals surface area contributed by atoms with Crippen LogP contribution in [0.4, 0.5) is 4.39 Å². The van der Waals surface area contributed by atoms with Crippen molar-refractivity contribution in [1.29, 1.82) is 0 Å². The Labute approximate surface area is 183 Å². The minimum Gasteiger partial charge on any atom is -0.322 e. The van der Waals surface area contributed by atoms with Crippen molar-refractivity contribution >= 4 is 29.1 Å². The molecule has 0 saturated carbocycles. The lowest BCUT2D eigenvalue weighted by molar-refractivity contribution is -0.136. The largest absolute Gasteiger partial charge is 0.322 e. The average Bonchev–Trinajstić information content (AvgIpc) is 3.37. The molecule has 7 nitrogen and oxygen atoms in total. The van der Waals surface area contributed by atoms with Crippen LogP contribution in [0.5, 0.6) is 0 Å². The number of likely N-dealkylation sites (tertiary alicyclic amines) is 1. The Kier molecular flexibility index (Phi) is 5.31. The minimum atomic E-state index is -0.687. The van der Waals surface area contributed by atoms with Gasteiger partial charge in [-0.2, -0.15) is 0 Å². The fourth-order valence-electron chi connectivity index (χ4n) is 4.96. The number of halogens is 1. The van der Waals surface area contributed by atoms with Crippen LogP contribution < -0.4 is 5.32 Å². The Balaban J connectivity index is 1.34. The van der Waals surface area contributed by atoms with E-state index in [1.165, 1.54) is 11.0 Å². The van der Waals surface area contributed by atoms with Gasteiger partial charge in [0.25, 0.3) is 5.91 Å². The molecule has 0 radical (unpaired) electrons. The molecule has 1 unspecified atom stereocenters. The molecule has 3 aliphatic heterocycles. The third kappa shape index (κ3) is 3.87. The number of carbonyl (C=O) groups is 3. The fraction of sp³-hybridized carbons (Fsp3) is 0.455. The van der Waals surface area contributed by atoms with Crippen LogP contribution in [-0.2, 0) is 22.7 Å². The summed E-state index contributed by atoms with van der Waals surface area (Å²) in [5, 5.41) is 4.37. The van der Waals surface area contributed by atoms with E-state index in [2.05, 4.69) is 20.6 Å². The highest BCUT2D eigenvalue weighted by molar-refractivity contribution is 7.07. The Bertz CT molecular complexity index is 1030. The third-order valence-corrected chi connectivity index (χ3v) is 7.19. The molecule has 2 fully saturated rings. The topological polar surface area (TPSA) is 82.6 Å². The predicted molar refractivity (Wildman–Crippen MR) is 112 cm³/mol. The van der Waals surface area contributed by atoms with Gasteiger partial charge in [-0.3, -0.25) is 24.6 Å². The van der Waals surface area contributed by atoms with Gasteiger partial charge in [0.2, 0.25) is 11.8 Å². The standard InChI is InChI=1S/C22H23FN4O3S/c23-14-7-16(13-3-5-26(6-4-13)9-15-11-31-12-24-15)18-10-27(22(30)17(18)8-14)19-1-2-20(28)25-21(19)29/h7-8,11-13,19H,1-6,9-10H2,(H,25,28,29). The number of aromatic nitrogens is 1. The van der Waals surface area contributed by atoms with Crippen LogP contribution in [0.2, 0.25) is 0 Å². The molecule has 0 bridgehead atoms. The van der Waals surface area contributed by atoms with E-state index in [-0.39, 0.29) is 30.7 Å². The van der Waals surface area contributed by atoms with Crippen LogP contribution in [0.15, 0.2) is 23.0 Å². The molecular formula is C22H23FN4O3S. The smallest absolute Gasteiger partial charge is 0.255 e. The molecule has 5 rings (SSSR count). The van der Waals surface area contributed by atoms with Gasteiger partial charge >= 0.3 is 0 Å². The zero-order valence-corrected chi connectivity index (χ0v) is 17.8. The Morgan fingerprint density at radius 1 is 1.16 bits per heavy atom. The van der Waals surface area contributed by atoms with Crippen LogP contribution in [0.1, 0.15) is 58.8 Å². The number of fused-ring (bicyclic) bond motifs is 1. The molecule has 4 heterocycles. The van der Waals surface area contributed by atoms with Crippen molar-refractivity contribution in [3.05, 3.63) is 51.2 Å². The predicted octanol–water partition coefficient (Wildman–Crippen LogP) is 2.42. The number of imide groups is 1. The van der Waals surface area contributed by atoms with Crippen LogP contribution in [0.25, 0.3) is 0 Å². The highest BCUT2D eigenvalue weighted by Crippen LogP contribution is 2.37. The number of nitrogens with zero attached hydrogens (tertiary/aromatic N) is 3. The molecule has 1 atom stereocenters. The molecule has 162 valence electrons. The molecule has 31 heavy (non-hydrogen) atoms. The first-order valence-electron chi connectivity index (χ1n) is 10.6. The monoisotopic (exact) mass is 442 g/mol. The molecule has 9 heteroatoms. The van der Waals surface area contributed by atoms with Gasteiger partial charge in [-0.05, 0) is 61.5 Å². The number of hydrogen-bond donors (Lipinski definition) is 1. The first-order chi connectivity index (χ1) is 15.0. The molecule has 0 aliphatic carbocycles. The van der Waals surface area contributed by atoms with Gasteiger partial charge in [-0.25, -0.2) is 9.37 Å². The number of benzene rings is 1. The highest BCUT2D eigenvalue weighted by Gasteiger charge is 2.41. The summed E-state index contributed by atoms with van der Waals surface area (Å²) in [5.74, 6) is -1.34. The van der Waals surface area contributed by atoms with Crippen LogP contribution in [-0.4, -0.2) is 51.6 Å². The second-order valence-electron chi connectivity index (χ2n) is 8.45. The van der Waals surface area contributed by atoms with Gasteiger partial charge in [0.05, 0.1) is 11.2 Å². The number of nitrogens with one attached hydrogen (secondary N) is 1. The van der Waals surface area contributed by atoms with Crippen LogP contribution in [0.3, 0.4) is 0 Å². The van der Waals surface area contributed by atoms with Crippen LogP contribution in [0, 0.1) is 5.82 Å². The number of thiazole rings is 1. The first kappa shape index (κ1) is 20.3. The molecule has 0 spiro atoms. The Morgan fingerprint density at radius 2 is 1.97 bits per heavy atom. The molecule has 2 saturated heterocycles. The van der Waals surface area contributed by atoms with Gasteiger partial charge in [-0.1, -0.05) is 0 Å². The SMILES string of the molecule is O=C1CCC(N2Cc3c(cc(F)cc3C3CCN(Cc4cscn4)CC3)C2=O)C(=O)N1. The number of hydrogen-bond acceptors (Lipinski definition) is 6. The molecule has 1 aromatic heterocycles. The maximum atomic E-state index is 14.5. The van der Waals surface area contributed by atoms with Gasteiger partial charge in [0.1, 0.15) is 11.9 Å². The van der Waals surface area contributed by atoms with Gasteiger partial charge in [0.15, 0.2) is 0 Å². The lowest BCUT2D eigenvalue weighted by Crippen LogP contribution is -2.52. The third-order valence-electron chi connectivity index (χ3n) is 6.55. The van der Waals surface area contributed by atoms with E-state index in [9.17, 15) is 18.8 Å². The summed E-state index contributed by atoms with van der Waals surface area (Å²) in [6, 6.07) is 2.15. The number of amides is 3. The Hall–Kier alpha value is -2.65. The normalized spacial score (nSPS) is 22.7. The van der Waals surface area contributed by atoms with Crippen molar-refractivity contribution in [3.8, 4) is 0 Å². The van der Waals surface area contributed by atoms with Gasteiger partial charge in [0, 0.05) is 30.5 Å². The number of piperidine rings is 2. The molecule has 2 aromatic rings. The molecule has 1 N–H and O–H groups in total. The van der Waals surface area contributed by atoms with E-state index >= 15 is 0 Å². The maximum absolute atomic E-state index is 14.5. The van der Waals surface area contributed by atoms with Crippen molar-refractivity contribution in [2.24, 2.45) is 0 Å². The quantitative estimate of drug-likeness (QED) is 0.736. The summed E-state index contributed by atoms with van der Waals surface area (Å²) >= 11 is 1.59. The number of rotatable bonds is 4. The van der Waals surface area contributed by atoms with E-state index in [0.29, 0.717) is 12.0 Å². The molecular weight excluding hydrogens is 419 g/mol. The van der Waals surface area contributed by atoms with Crippen LogP contribution >= 0.6 is 11.3 Å². The summed E-state index contributed by atoms with van der Waals surface area (Å²) in [6.07, 6.45) is 2.27. The van der Waals surface area contributed by atoms with Crippen molar-refractivity contribution in [2.45, 2.75) is 50.7 Å². The van der Waals surface area contributed by atoms with Gasteiger partial charge < -0.3 is 4.90 Å². The Morgan fingerprint density at radius 3 is 2.68 bits per heavy atom. The zero-order chi connectivity index (χ0) is 21.5. The summed E-state index contributed by atoms with van der Waals surface area (Å²) in [4.78, 5) is 45.0. The van der Waals surface area contributed by atoms with Crippen molar-refractivity contribution in [3.63, 3.8) is 0 Å². The lowest BCUT2D eigenvalue weighted by Gasteiger charge is -2.33. The molecule has 1 aromatic carbocycles. The summed E-state index contributed by atoms with van der Waals surface area (Å²) < 4.78 is 14.5. The summed E-state index contributed by atoms with van der Waals surface area (Å²) in [7, 11) is 0. The summed E-state index contributed by atoms with van der Waals surface area (Å²) in [6.45, 7) is 2.88. The van der Waals surface area contributed by atoms with E-state index in [1.807, 2.05) is 5.51 Å². The van der Waals surface area contributed by atoms with E-state index in [0.717, 1.165) is 49.3 Å². The van der Waals surface area contributed by atoms with E-state index < -0.39 is 17.8 Å². The zero-order valence-electron chi connectivity index (χ0n) is 17.0. The first-order valence-corrected chi connectivity index (χ1v) is 11.5. The fourth-order valence-corrected chi connectivity index (χ4v) is 5.51. The minimum absolute atomic E-state index is 0.172. The lowest BCUT2D eigenvalue weighted by atomic mass is 9.85. The van der Waals surface area contributed by atoms with Crippen molar-refractivity contribution in [1.82, 2.24) is 20.1 Å². The van der Waals surface area contributed by atoms with Crippen molar-refractivity contribution in [2.75, 3.05) is 13.1 Å². The van der Waals surface area contributed by atoms with E-state index in [4.69, 9.17) is 0 Å². The maximum Gasteiger partial charge on any atom is 0.255 e. The van der Waals surface area contributed by atoms with E-state index in [1.54, 1.807) is 17.4 Å². The summed E-state index contributed by atoms with van der Waals surface area (Å²) in [5.41, 5.74) is 4.97.